The van der Waals surface area contributed by atoms with Gasteiger partial charge < -0.3 is 43.2 Å². The first-order valence-corrected chi connectivity index (χ1v) is 13.9. The van der Waals surface area contributed by atoms with Crippen molar-refractivity contribution >= 4 is 40.6 Å². The Bertz CT molecular complexity index is 1220. The monoisotopic (exact) mass is 572 g/mol. The molecule has 1 aromatic heterocycles. The molecule has 3 amide bonds. The van der Waals surface area contributed by atoms with Crippen LogP contribution in [0.5, 0.6) is 0 Å². The number of aliphatic carboxylic acids is 1. The Labute approximate surface area is 240 Å². The molecule has 0 aliphatic heterocycles. The summed E-state index contributed by atoms with van der Waals surface area (Å²) in [5.74, 6) is -3.58. The van der Waals surface area contributed by atoms with Crippen LogP contribution in [-0.4, -0.2) is 70.5 Å². The maximum Gasteiger partial charge on any atom is 0.326 e. The zero-order chi connectivity index (χ0) is 30.7. The third kappa shape index (κ3) is 9.78. The van der Waals surface area contributed by atoms with E-state index in [1.54, 1.807) is 27.0 Å². The second-order valence-electron chi connectivity index (χ2n) is 10.6. The van der Waals surface area contributed by atoms with Gasteiger partial charge in [0.1, 0.15) is 18.1 Å². The minimum absolute atomic E-state index is 0.0490. The lowest BCUT2D eigenvalue weighted by atomic mass is 9.95. The molecule has 5 atom stereocenters. The first-order valence-electron chi connectivity index (χ1n) is 13.9. The number of nitrogens with two attached hydrogens (primary N) is 3. The first-order chi connectivity index (χ1) is 19.3. The number of rotatable bonds is 16. The number of aromatic nitrogens is 1. The van der Waals surface area contributed by atoms with E-state index < -0.39 is 47.9 Å². The van der Waals surface area contributed by atoms with Gasteiger partial charge in [0.05, 0.1) is 6.04 Å². The van der Waals surface area contributed by atoms with Crippen LogP contribution < -0.4 is 33.2 Å². The summed E-state index contributed by atoms with van der Waals surface area (Å²) in [6.07, 6.45) is 3.10. The minimum Gasteiger partial charge on any atom is -0.480 e. The minimum atomic E-state index is -1.22. The van der Waals surface area contributed by atoms with Crippen LogP contribution in [0.25, 0.3) is 10.9 Å². The van der Waals surface area contributed by atoms with Gasteiger partial charge in [0, 0.05) is 30.1 Å². The summed E-state index contributed by atoms with van der Waals surface area (Å²) in [4.78, 5) is 58.5. The predicted octanol–water partition coefficient (Wildman–Crippen LogP) is 0.332. The maximum absolute atomic E-state index is 13.4. The van der Waals surface area contributed by atoms with Crippen LogP contribution in [0.3, 0.4) is 0 Å². The Kier molecular flexibility index (Phi) is 12.6. The van der Waals surface area contributed by atoms with E-state index >= 15 is 0 Å². The zero-order valence-electron chi connectivity index (χ0n) is 24.1. The fourth-order valence-electron chi connectivity index (χ4n) is 4.37. The largest absolute Gasteiger partial charge is 0.480 e. The highest BCUT2D eigenvalue weighted by Crippen LogP contribution is 2.19. The highest BCUT2D eigenvalue weighted by Gasteiger charge is 2.34. The first kappa shape index (κ1) is 33.1. The Hall–Kier alpha value is -4.13. The number of H-pyrrole nitrogens is 1. The number of para-hydroxylation sites is 1. The lowest BCUT2D eigenvalue weighted by Gasteiger charge is -2.29. The smallest absolute Gasteiger partial charge is 0.326 e. The Morgan fingerprint density at radius 1 is 0.976 bits per heavy atom. The number of fused-ring (bicyclic) bond motifs is 1. The van der Waals surface area contributed by atoms with Gasteiger partial charge in [-0.25, -0.2) is 4.79 Å². The number of carbonyl (C=O) groups excluding carboxylic acids is 3. The molecule has 41 heavy (non-hydrogen) atoms. The summed E-state index contributed by atoms with van der Waals surface area (Å²) in [5.41, 5.74) is 18.2. The fourth-order valence-corrected chi connectivity index (χ4v) is 4.37. The van der Waals surface area contributed by atoms with Crippen LogP contribution in [0.2, 0.25) is 0 Å². The van der Waals surface area contributed by atoms with Crippen molar-refractivity contribution < 1.29 is 24.3 Å². The van der Waals surface area contributed by atoms with Gasteiger partial charge in [-0.15, -0.1) is 0 Å². The molecule has 226 valence electrons. The van der Waals surface area contributed by atoms with Crippen LogP contribution in [-0.2, 0) is 25.6 Å². The molecule has 11 N–H and O–H groups in total. The van der Waals surface area contributed by atoms with Crippen molar-refractivity contribution in [2.45, 2.75) is 77.5 Å². The van der Waals surface area contributed by atoms with Crippen molar-refractivity contribution in [1.82, 2.24) is 20.9 Å². The van der Waals surface area contributed by atoms with Gasteiger partial charge in [-0.1, -0.05) is 52.3 Å². The number of nitrogens with zero attached hydrogens (tertiary/aromatic N) is 1. The molecule has 0 fully saturated rings. The summed E-state index contributed by atoms with van der Waals surface area (Å²) in [6.45, 7) is 7.49. The third-order valence-corrected chi connectivity index (χ3v) is 7.06. The van der Waals surface area contributed by atoms with Crippen LogP contribution in [0.15, 0.2) is 35.5 Å². The standard InChI is InChI=1S/C28H44N8O5/c1-5-16(4)23(26(39)34-21(27(40)41)13-17-14-33-20-11-7-6-9-18(17)20)36-25(38)22(15(2)3)35-24(37)19(29)10-8-12-32-28(30)31/h6-7,9,11,14-16,19,21-23,33H,5,8,10,12-13,29H2,1-4H3,(H,34,39)(H,35,37)(H,36,38)(H,40,41)(H4,30,31,32). The van der Waals surface area contributed by atoms with Gasteiger partial charge in [0.15, 0.2) is 5.96 Å². The van der Waals surface area contributed by atoms with E-state index in [2.05, 4.69) is 25.9 Å². The highest BCUT2D eigenvalue weighted by molar-refractivity contribution is 5.94. The summed E-state index contributed by atoms with van der Waals surface area (Å²) in [5, 5.41) is 18.8. The molecule has 0 saturated carbocycles. The average molecular weight is 573 g/mol. The molecule has 5 unspecified atom stereocenters. The van der Waals surface area contributed by atoms with E-state index in [1.165, 1.54) is 0 Å². The molecule has 0 bridgehead atoms. The number of guanidine groups is 1. The molecule has 1 aromatic carbocycles. The lowest BCUT2D eigenvalue weighted by Crippen LogP contribution is -2.60. The van der Waals surface area contributed by atoms with Gasteiger partial charge in [-0.05, 0) is 36.3 Å². The van der Waals surface area contributed by atoms with E-state index in [-0.39, 0.29) is 24.2 Å². The molecule has 2 aromatic rings. The van der Waals surface area contributed by atoms with Crippen LogP contribution in [0.4, 0.5) is 0 Å². The number of aliphatic imine (C=N–C) groups is 1. The maximum atomic E-state index is 13.4. The van der Waals surface area contributed by atoms with E-state index in [1.807, 2.05) is 31.2 Å². The molecule has 13 nitrogen and oxygen atoms in total. The number of benzene rings is 1. The van der Waals surface area contributed by atoms with Crippen molar-refractivity contribution in [1.29, 1.82) is 0 Å². The fraction of sp³-hybridized carbons (Fsp3) is 0.536. The van der Waals surface area contributed by atoms with E-state index in [4.69, 9.17) is 17.2 Å². The highest BCUT2D eigenvalue weighted by atomic mass is 16.4. The van der Waals surface area contributed by atoms with E-state index in [9.17, 15) is 24.3 Å². The van der Waals surface area contributed by atoms with Crippen LogP contribution in [0, 0.1) is 11.8 Å². The van der Waals surface area contributed by atoms with Crippen LogP contribution in [0.1, 0.15) is 52.5 Å². The lowest BCUT2D eigenvalue weighted by molar-refractivity contribution is -0.142. The number of amides is 3. The second kappa shape index (κ2) is 15.6. The summed E-state index contributed by atoms with van der Waals surface area (Å²) in [7, 11) is 0. The van der Waals surface area contributed by atoms with Crippen molar-refractivity contribution in [2.24, 2.45) is 34.0 Å². The molecular weight excluding hydrogens is 528 g/mol. The van der Waals surface area contributed by atoms with Gasteiger partial charge in [-0.3, -0.25) is 19.4 Å². The number of carboxylic acid groups (broad SMARTS) is 1. The topological polar surface area (TPSA) is 231 Å². The Balaban J connectivity index is 2.11. The number of carbonyl (C=O) groups is 4. The van der Waals surface area contributed by atoms with Gasteiger partial charge in [-0.2, -0.15) is 0 Å². The zero-order valence-corrected chi connectivity index (χ0v) is 24.1. The SMILES string of the molecule is CCC(C)C(NC(=O)C(NC(=O)C(N)CCCN=C(N)N)C(C)C)C(=O)NC(Cc1c[nH]c2ccccc12)C(=O)O. The van der Waals surface area contributed by atoms with Crippen molar-refractivity contribution in [3.63, 3.8) is 0 Å². The molecular formula is C28H44N8O5. The number of nitrogens with one attached hydrogen (secondary N) is 4. The number of hydrogen-bond donors (Lipinski definition) is 8. The molecule has 0 aliphatic carbocycles. The van der Waals surface area contributed by atoms with Crippen LogP contribution >= 0.6 is 0 Å². The Morgan fingerprint density at radius 2 is 1.61 bits per heavy atom. The summed E-state index contributed by atoms with van der Waals surface area (Å²) in [6, 6.07) is 3.39. The number of carboxylic acids is 1. The normalized spacial score (nSPS) is 14.9. The van der Waals surface area contributed by atoms with E-state index in [0.717, 1.165) is 16.5 Å². The number of aromatic amines is 1. The van der Waals surface area contributed by atoms with Gasteiger partial charge >= 0.3 is 5.97 Å². The van der Waals surface area contributed by atoms with Crippen molar-refractivity contribution in [2.75, 3.05) is 6.54 Å². The number of hydrogen-bond acceptors (Lipinski definition) is 6. The molecule has 2 rings (SSSR count). The molecule has 0 saturated heterocycles. The van der Waals surface area contributed by atoms with E-state index in [0.29, 0.717) is 25.8 Å². The quantitative estimate of drug-likeness (QED) is 0.0791. The van der Waals surface area contributed by atoms with Gasteiger partial charge in [0.25, 0.3) is 0 Å². The molecule has 13 heteroatoms. The van der Waals surface area contributed by atoms with Gasteiger partial charge in [0.2, 0.25) is 17.7 Å². The van der Waals surface area contributed by atoms with Crippen molar-refractivity contribution in [3.05, 3.63) is 36.0 Å². The second-order valence-corrected chi connectivity index (χ2v) is 10.6. The van der Waals surface area contributed by atoms with Crippen molar-refractivity contribution in [3.8, 4) is 0 Å². The predicted molar refractivity (Wildman–Crippen MR) is 158 cm³/mol. The molecule has 0 aliphatic rings. The summed E-state index contributed by atoms with van der Waals surface area (Å²) < 4.78 is 0. The third-order valence-electron chi connectivity index (χ3n) is 7.06. The molecule has 0 spiro atoms. The molecule has 0 radical (unpaired) electrons. The summed E-state index contributed by atoms with van der Waals surface area (Å²) >= 11 is 0. The Morgan fingerprint density at radius 3 is 2.22 bits per heavy atom. The average Bonchev–Trinajstić information content (AvgIpc) is 3.33. The molecule has 1 heterocycles.